The average molecular weight is 162 g/mol. The van der Waals surface area contributed by atoms with Gasteiger partial charge in [0.05, 0.1) is 6.61 Å². The number of aliphatic hydroxyl groups is 1. The molecule has 1 fully saturated rings. The van der Waals surface area contributed by atoms with E-state index in [-0.39, 0.29) is 6.61 Å². The summed E-state index contributed by atoms with van der Waals surface area (Å²) >= 11 is 3.70. The Balaban J connectivity index is 2.30. The summed E-state index contributed by atoms with van der Waals surface area (Å²) in [6, 6.07) is 0. The predicted octanol–water partition coefficient (Wildman–Crippen LogP) is 1.69. The van der Waals surface area contributed by atoms with Crippen molar-refractivity contribution in [2.24, 2.45) is 0 Å². The predicted molar refractivity (Wildman–Crippen MR) is 44.7 cm³/mol. The van der Waals surface area contributed by atoms with Crippen molar-refractivity contribution in [1.82, 2.24) is 0 Å². The monoisotopic (exact) mass is 162 g/mol. The zero-order chi connectivity index (χ0) is 6.53. The molecule has 1 rings (SSSR count). The fourth-order valence-electron chi connectivity index (χ4n) is 0.639. The summed E-state index contributed by atoms with van der Waals surface area (Å²) in [5.74, 6) is 2.44. The highest BCUT2D eigenvalue weighted by atomic mass is 32.2. The van der Waals surface area contributed by atoms with Crippen LogP contribution < -0.4 is 0 Å². The van der Waals surface area contributed by atoms with E-state index in [0.29, 0.717) is 0 Å². The van der Waals surface area contributed by atoms with Gasteiger partial charge < -0.3 is 5.11 Å². The SMILES string of the molecule is OCC=C1SCCCS1. The number of aliphatic hydroxyl groups excluding tert-OH is 1. The van der Waals surface area contributed by atoms with Crippen molar-refractivity contribution < 1.29 is 5.11 Å². The molecule has 0 unspecified atom stereocenters. The molecule has 0 radical (unpaired) electrons. The lowest BCUT2D eigenvalue weighted by atomic mass is 10.6. The van der Waals surface area contributed by atoms with Crippen molar-refractivity contribution in [3.8, 4) is 0 Å². The molecule has 0 aliphatic carbocycles. The Hall–Kier alpha value is 0.400. The van der Waals surface area contributed by atoms with Gasteiger partial charge in [0.2, 0.25) is 0 Å². The first-order chi connectivity index (χ1) is 4.43. The molecule has 0 amide bonds. The van der Waals surface area contributed by atoms with E-state index < -0.39 is 0 Å². The summed E-state index contributed by atoms with van der Waals surface area (Å²) in [5, 5.41) is 8.52. The minimum absolute atomic E-state index is 0.190. The summed E-state index contributed by atoms with van der Waals surface area (Å²) < 4.78 is 1.30. The largest absolute Gasteiger partial charge is 0.392 e. The van der Waals surface area contributed by atoms with Crippen LogP contribution in [-0.2, 0) is 0 Å². The van der Waals surface area contributed by atoms with Gasteiger partial charge in [-0.25, -0.2) is 0 Å². The van der Waals surface area contributed by atoms with Gasteiger partial charge in [0.25, 0.3) is 0 Å². The first-order valence-electron chi connectivity index (χ1n) is 3.00. The van der Waals surface area contributed by atoms with E-state index >= 15 is 0 Å². The Morgan fingerprint density at radius 1 is 1.44 bits per heavy atom. The highest BCUT2D eigenvalue weighted by Crippen LogP contribution is 2.33. The molecule has 0 aromatic rings. The third kappa shape index (κ3) is 2.65. The summed E-state index contributed by atoms with van der Waals surface area (Å²) in [7, 11) is 0. The van der Waals surface area contributed by atoms with E-state index in [9.17, 15) is 0 Å². The second kappa shape index (κ2) is 4.25. The first-order valence-corrected chi connectivity index (χ1v) is 4.97. The Kier molecular flexibility index (Phi) is 3.55. The second-order valence-electron chi connectivity index (χ2n) is 1.76. The minimum atomic E-state index is 0.190. The lowest BCUT2D eigenvalue weighted by Gasteiger charge is -2.11. The van der Waals surface area contributed by atoms with E-state index in [1.807, 2.05) is 29.6 Å². The zero-order valence-electron chi connectivity index (χ0n) is 5.17. The molecule has 1 N–H and O–H groups in total. The molecule has 52 valence electrons. The molecule has 3 heteroatoms. The van der Waals surface area contributed by atoms with E-state index in [2.05, 4.69) is 0 Å². The van der Waals surface area contributed by atoms with Crippen LogP contribution in [0.4, 0.5) is 0 Å². The molecular weight excluding hydrogens is 152 g/mol. The fourth-order valence-corrected chi connectivity index (χ4v) is 3.02. The maximum atomic E-state index is 8.52. The van der Waals surface area contributed by atoms with Crippen LogP contribution in [0.1, 0.15) is 6.42 Å². The molecule has 1 nitrogen and oxygen atoms in total. The van der Waals surface area contributed by atoms with Crippen LogP contribution in [-0.4, -0.2) is 23.2 Å². The lowest BCUT2D eigenvalue weighted by Crippen LogP contribution is -1.92. The summed E-state index contributed by atoms with van der Waals surface area (Å²) in [6.45, 7) is 0.190. The van der Waals surface area contributed by atoms with E-state index in [1.54, 1.807) is 0 Å². The normalized spacial score (nSPS) is 19.9. The molecule has 0 aromatic carbocycles. The van der Waals surface area contributed by atoms with Gasteiger partial charge in [-0.05, 0) is 24.0 Å². The van der Waals surface area contributed by atoms with Crippen molar-refractivity contribution in [1.29, 1.82) is 0 Å². The first kappa shape index (κ1) is 7.51. The van der Waals surface area contributed by atoms with Crippen LogP contribution in [0.3, 0.4) is 0 Å². The average Bonchev–Trinajstić information content (AvgIpc) is 1.91. The van der Waals surface area contributed by atoms with Gasteiger partial charge in [0.15, 0.2) is 0 Å². The van der Waals surface area contributed by atoms with Gasteiger partial charge in [-0.3, -0.25) is 0 Å². The minimum Gasteiger partial charge on any atom is -0.392 e. The van der Waals surface area contributed by atoms with E-state index in [1.165, 1.54) is 22.2 Å². The lowest BCUT2D eigenvalue weighted by molar-refractivity contribution is 0.343. The standard InChI is InChI=1S/C6H10OS2/c7-3-2-6-8-4-1-5-9-6/h2,7H,1,3-5H2. The number of rotatable bonds is 1. The van der Waals surface area contributed by atoms with Crippen molar-refractivity contribution in [3.05, 3.63) is 10.3 Å². The van der Waals surface area contributed by atoms with Crippen molar-refractivity contribution in [2.75, 3.05) is 18.1 Å². The molecule has 1 saturated heterocycles. The van der Waals surface area contributed by atoms with Gasteiger partial charge in [-0.15, -0.1) is 23.5 Å². The topological polar surface area (TPSA) is 20.2 Å². The second-order valence-corrected chi connectivity index (χ2v) is 4.29. The van der Waals surface area contributed by atoms with Crippen LogP contribution in [0.15, 0.2) is 10.3 Å². The van der Waals surface area contributed by atoms with Crippen LogP contribution in [0, 0.1) is 0 Å². The Labute approximate surface area is 63.9 Å². The van der Waals surface area contributed by atoms with Gasteiger partial charge in [0, 0.05) is 4.24 Å². The fraction of sp³-hybridized carbons (Fsp3) is 0.667. The van der Waals surface area contributed by atoms with Gasteiger partial charge in [-0.1, -0.05) is 0 Å². The Morgan fingerprint density at radius 2 is 2.11 bits per heavy atom. The third-order valence-corrected chi connectivity index (χ3v) is 3.63. The van der Waals surface area contributed by atoms with Crippen molar-refractivity contribution in [2.45, 2.75) is 6.42 Å². The number of thioether (sulfide) groups is 2. The summed E-state index contributed by atoms with van der Waals surface area (Å²) in [4.78, 5) is 0. The van der Waals surface area contributed by atoms with E-state index in [4.69, 9.17) is 5.11 Å². The molecule has 9 heavy (non-hydrogen) atoms. The van der Waals surface area contributed by atoms with E-state index in [0.717, 1.165) is 0 Å². The Morgan fingerprint density at radius 3 is 2.67 bits per heavy atom. The molecule has 1 heterocycles. The van der Waals surface area contributed by atoms with Gasteiger partial charge >= 0.3 is 0 Å². The molecule has 1 aliphatic heterocycles. The maximum absolute atomic E-state index is 8.52. The number of hydrogen-bond donors (Lipinski definition) is 1. The highest BCUT2D eigenvalue weighted by Gasteiger charge is 2.04. The molecule has 0 atom stereocenters. The number of hydrogen-bond acceptors (Lipinski definition) is 3. The molecule has 0 bridgehead atoms. The third-order valence-electron chi connectivity index (χ3n) is 1.04. The van der Waals surface area contributed by atoms with Crippen LogP contribution in [0.2, 0.25) is 0 Å². The van der Waals surface area contributed by atoms with Crippen molar-refractivity contribution in [3.63, 3.8) is 0 Å². The van der Waals surface area contributed by atoms with Crippen LogP contribution >= 0.6 is 23.5 Å². The van der Waals surface area contributed by atoms with Crippen LogP contribution in [0.5, 0.6) is 0 Å². The molecular formula is C6H10OS2. The van der Waals surface area contributed by atoms with Gasteiger partial charge in [-0.2, -0.15) is 0 Å². The summed E-state index contributed by atoms with van der Waals surface area (Å²) in [5.41, 5.74) is 0. The molecule has 0 saturated carbocycles. The van der Waals surface area contributed by atoms with Gasteiger partial charge in [0.1, 0.15) is 0 Å². The summed E-state index contributed by atoms with van der Waals surface area (Å²) in [6.07, 6.45) is 3.19. The smallest absolute Gasteiger partial charge is 0.0631 e. The quantitative estimate of drug-likeness (QED) is 0.633. The van der Waals surface area contributed by atoms with Crippen LogP contribution in [0.25, 0.3) is 0 Å². The highest BCUT2D eigenvalue weighted by molar-refractivity contribution is 8.22. The molecule has 0 spiro atoms. The maximum Gasteiger partial charge on any atom is 0.0631 e. The molecule has 1 aliphatic rings. The zero-order valence-corrected chi connectivity index (χ0v) is 6.80. The molecule has 0 aromatic heterocycles. The Bertz CT molecular complexity index is 104. The van der Waals surface area contributed by atoms with Crippen molar-refractivity contribution >= 4 is 23.5 Å².